The number of hydrogen-bond acceptors (Lipinski definition) is 2. The van der Waals surface area contributed by atoms with Gasteiger partial charge in [-0.25, -0.2) is 0 Å². The molecule has 2 aromatic carbocycles. The topological polar surface area (TPSA) is 28.0 Å². The summed E-state index contributed by atoms with van der Waals surface area (Å²) in [5.41, 5.74) is 3.47. The van der Waals surface area contributed by atoms with Crippen LogP contribution in [0.4, 0.5) is 0 Å². The van der Waals surface area contributed by atoms with Crippen molar-refractivity contribution in [1.29, 1.82) is 0 Å². The average molecular weight is 320 g/mol. The summed E-state index contributed by atoms with van der Waals surface area (Å²) in [5.74, 6) is 0.274. The molecule has 23 heavy (non-hydrogen) atoms. The second kappa shape index (κ2) is 5.48. The molecule has 0 amide bonds. The molecule has 4 rings (SSSR count). The van der Waals surface area contributed by atoms with Crippen LogP contribution >= 0.6 is 11.3 Å². The number of aryl methyl sites for hydroxylation is 1. The standard InChI is InChI=1S/C19H15N2OS/c1-14-21(15-5-3-2-4-6-15)18-8-7-16(13-19(18)23-14)20-11-9-17(22)10-12-20/h2-13H,1H3/q+1/p+1. The van der Waals surface area contributed by atoms with E-state index in [1.54, 1.807) is 23.5 Å². The Morgan fingerprint density at radius 1 is 0.870 bits per heavy atom. The van der Waals surface area contributed by atoms with Crippen LogP contribution in [0, 0.1) is 6.92 Å². The quantitative estimate of drug-likeness (QED) is 0.563. The molecule has 0 unspecified atom stereocenters. The molecule has 0 fully saturated rings. The van der Waals surface area contributed by atoms with E-state index in [0.29, 0.717) is 0 Å². The third-order valence-electron chi connectivity index (χ3n) is 3.88. The highest BCUT2D eigenvalue weighted by Crippen LogP contribution is 2.23. The zero-order valence-electron chi connectivity index (χ0n) is 12.7. The fourth-order valence-corrected chi connectivity index (χ4v) is 3.85. The van der Waals surface area contributed by atoms with Gasteiger partial charge in [-0.15, -0.1) is 4.57 Å². The lowest BCUT2D eigenvalue weighted by atomic mass is 10.2. The van der Waals surface area contributed by atoms with Gasteiger partial charge in [0.1, 0.15) is 10.4 Å². The minimum Gasteiger partial charge on any atom is -0.507 e. The Labute approximate surface area is 138 Å². The fraction of sp³-hybridized carbons (Fsp3) is 0.0526. The molecule has 4 aromatic rings. The van der Waals surface area contributed by atoms with E-state index in [1.807, 2.05) is 23.0 Å². The Morgan fingerprint density at radius 3 is 2.35 bits per heavy atom. The minimum absolute atomic E-state index is 0.274. The van der Waals surface area contributed by atoms with Gasteiger partial charge in [0.15, 0.2) is 12.4 Å². The fourth-order valence-electron chi connectivity index (χ4n) is 2.79. The van der Waals surface area contributed by atoms with Crippen molar-refractivity contribution in [2.24, 2.45) is 0 Å². The number of nitrogens with zero attached hydrogens (tertiary/aromatic N) is 2. The molecule has 1 N–H and O–H groups in total. The molecule has 4 heteroatoms. The van der Waals surface area contributed by atoms with Crippen molar-refractivity contribution in [3.63, 3.8) is 0 Å². The van der Waals surface area contributed by atoms with E-state index in [2.05, 4.69) is 54.0 Å². The number of hydrogen-bond donors (Lipinski definition) is 1. The first-order valence-corrected chi connectivity index (χ1v) is 8.25. The number of aromatic nitrogens is 2. The highest BCUT2D eigenvalue weighted by Gasteiger charge is 2.21. The van der Waals surface area contributed by atoms with Gasteiger partial charge in [-0.2, -0.15) is 4.57 Å². The van der Waals surface area contributed by atoms with Crippen molar-refractivity contribution in [3.05, 3.63) is 78.1 Å². The van der Waals surface area contributed by atoms with Crippen LogP contribution in [-0.2, 0) is 0 Å². The summed E-state index contributed by atoms with van der Waals surface area (Å²) in [6.07, 6.45) is 3.73. The second-order valence-corrected chi connectivity index (χ2v) is 6.64. The van der Waals surface area contributed by atoms with Crippen molar-refractivity contribution in [3.8, 4) is 17.1 Å². The van der Waals surface area contributed by atoms with Gasteiger partial charge >= 0.3 is 0 Å². The van der Waals surface area contributed by atoms with Gasteiger partial charge in [0.2, 0.25) is 21.9 Å². The van der Waals surface area contributed by atoms with E-state index in [4.69, 9.17) is 0 Å². The highest BCUT2D eigenvalue weighted by molar-refractivity contribution is 7.18. The van der Waals surface area contributed by atoms with Crippen LogP contribution in [0.25, 0.3) is 21.6 Å². The summed E-state index contributed by atoms with van der Waals surface area (Å²) in [6, 6.07) is 20.2. The van der Waals surface area contributed by atoms with Crippen LogP contribution in [-0.4, -0.2) is 5.11 Å². The lowest BCUT2D eigenvalue weighted by Gasteiger charge is -1.97. The third kappa shape index (κ3) is 2.47. The first-order chi connectivity index (χ1) is 11.2. The Morgan fingerprint density at radius 2 is 1.61 bits per heavy atom. The van der Waals surface area contributed by atoms with Gasteiger partial charge in [0.05, 0.1) is 0 Å². The van der Waals surface area contributed by atoms with Crippen molar-refractivity contribution in [2.45, 2.75) is 6.92 Å². The molecule has 0 aliphatic rings. The van der Waals surface area contributed by atoms with E-state index in [0.717, 1.165) is 5.69 Å². The zero-order chi connectivity index (χ0) is 15.8. The summed E-state index contributed by atoms with van der Waals surface area (Å²) in [7, 11) is 0. The summed E-state index contributed by atoms with van der Waals surface area (Å²) in [6.45, 7) is 2.14. The Bertz CT molecular complexity index is 976. The van der Waals surface area contributed by atoms with Crippen LogP contribution in [0.5, 0.6) is 5.75 Å². The lowest BCUT2D eigenvalue weighted by molar-refractivity contribution is -0.596. The number of fused-ring (bicyclic) bond motifs is 1. The number of thiazole rings is 1. The van der Waals surface area contributed by atoms with Crippen LogP contribution in [0.2, 0.25) is 0 Å². The minimum atomic E-state index is 0.274. The molecule has 2 aromatic heterocycles. The van der Waals surface area contributed by atoms with Gasteiger partial charge in [0, 0.05) is 49.4 Å². The number of pyridine rings is 1. The summed E-state index contributed by atoms with van der Waals surface area (Å²) in [5, 5.41) is 10.7. The Kier molecular flexibility index (Phi) is 3.32. The van der Waals surface area contributed by atoms with E-state index in [-0.39, 0.29) is 5.75 Å². The van der Waals surface area contributed by atoms with Gasteiger partial charge in [-0.3, -0.25) is 0 Å². The monoisotopic (exact) mass is 320 g/mol. The van der Waals surface area contributed by atoms with Crippen molar-refractivity contribution in [1.82, 2.24) is 0 Å². The molecule has 0 spiro atoms. The van der Waals surface area contributed by atoms with E-state index >= 15 is 0 Å². The van der Waals surface area contributed by atoms with E-state index in [9.17, 15) is 5.11 Å². The Hall–Kier alpha value is -2.72. The van der Waals surface area contributed by atoms with Crippen molar-refractivity contribution in [2.75, 3.05) is 0 Å². The molecule has 0 saturated carbocycles. The first-order valence-electron chi connectivity index (χ1n) is 7.44. The van der Waals surface area contributed by atoms with Crippen LogP contribution in [0.1, 0.15) is 5.01 Å². The number of aromatic hydroxyl groups is 1. The summed E-state index contributed by atoms with van der Waals surface area (Å²) in [4.78, 5) is 0. The molecule has 112 valence electrons. The molecule has 0 aliphatic carbocycles. The Balaban J connectivity index is 1.87. The predicted octanol–water partition coefficient (Wildman–Crippen LogP) is 3.47. The molecule has 3 nitrogen and oxygen atoms in total. The first kappa shape index (κ1) is 13.9. The van der Waals surface area contributed by atoms with E-state index in [1.165, 1.54) is 20.9 Å². The number of para-hydroxylation sites is 1. The molecule has 0 saturated heterocycles. The highest BCUT2D eigenvalue weighted by atomic mass is 32.1. The normalized spacial score (nSPS) is 11.0. The van der Waals surface area contributed by atoms with Crippen molar-refractivity contribution < 1.29 is 14.2 Å². The molecular weight excluding hydrogens is 304 g/mol. The predicted molar refractivity (Wildman–Crippen MR) is 91.3 cm³/mol. The zero-order valence-corrected chi connectivity index (χ0v) is 13.5. The summed E-state index contributed by atoms with van der Waals surface area (Å²) < 4.78 is 5.52. The lowest BCUT2D eigenvalue weighted by Crippen LogP contribution is -2.32. The molecular formula is C19H16N2OS+2. The number of benzene rings is 2. The maximum absolute atomic E-state index is 9.43. The number of rotatable bonds is 2. The largest absolute Gasteiger partial charge is 0.507 e. The van der Waals surface area contributed by atoms with Gasteiger partial charge in [0.25, 0.3) is 0 Å². The maximum Gasteiger partial charge on any atom is 0.241 e. The van der Waals surface area contributed by atoms with E-state index < -0.39 is 0 Å². The van der Waals surface area contributed by atoms with Crippen molar-refractivity contribution >= 4 is 21.6 Å². The SMILES string of the molecule is Cc1sc2cc(-[n+]3ccc(O)cc3)ccc2[n+]1-c1ccccc1. The molecule has 0 aliphatic heterocycles. The second-order valence-electron chi connectivity index (χ2n) is 5.41. The molecule has 0 atom stereocenters. The third-order valence-corrected chi connectivity index (χ3v) is 4.91. The van der Waals surface area contributed by atoms with Gasteiger partial charge in [-0.1, -0.05) is 29.5 Å². The molecule has 0 bridgehead atoms. The molecule has 2 heterocycles. The van der Waals surface area contributed by atoms with Gasteiger partial charge < -0.3 is 5.11 Å². The summed E-state index contributed by atoms with van der Waals surface area (Å²) >= 11 is 1.79. The van der Waals surface area contributed by atoms with Crippen LogP contribution < -0.4 is 9.13 Å². The smallest absolute Gasteiger partial charge is 0.241 e. The van der Waals surface area contributed by atoms with Crippen LogP contribution in [0.15, 0.2) is 73.1 Å². The maximum atomic E-state index is 9.43. The average Bonchev–Trinajstić information content (AvgIpc) is 2.91. The van der Waals surface area contributed by atoms with Gasteiger partial charge in [-0.05, 0) is 0 Å². The van der Waals surface area contributed by atoms with Crippen LogP contribution in [0.3, 0.4) is 0 Å². The molecule has 0 radical (unpaired) electrons.